The van der Waals surface area contributed by atoms with Crippen molar-refractivity contribution in [3.8, 4) is 5.75 Å². The summed E-state index contributed by atoms with van der Waals surface area (Å²) in [5.74, 6) is 1.09. The maximum atomic E-state index is 5.74. The van der Waals surface area contributed by atoms with Crippen LogP contribution < -0.4 is 10.1 Å². The van der Waals surface area contributed by atoms with E-state index in [-0.39, 0.29) is 0 Å². The molecule has 2 nitrogen and oxygen atoms in total. The molecule has 1 fully saturated rings. The summed E-state index contributed by atoms with van der Waals surface area (Å²) in [6, 6.07) is 6.38. The van der Waals surface area contributed by atoms with Crippen LogP contribution in [0.4, 0.5) is 5.69 Å². The first-order valence-corrected chi connectivity index (χ1v) is 4.80. The maximum absolute atomic E-state index is 5.74. The maximum Gasteiger partial charge on any atom is 0.146 e. The van der Waals surface area contributed by atoms with Crippen molar-refractivity contribution in [3.63, 3.8) is 0 Å². The van der Waals surface area contributed by atoms with Crippen LogP contribution in [-0.2, 0) is 5.41 Å². The molecule has 3 rings (SSSR count). The van der Waals surface area contributed by atoms with E-state index in [1.54, 1.807) is 0 Å². The SMILES string of the molecule is CNc1cccc2c1OCC21CC1. The third kappa shape index (κ3) is 0.831. The van der Waals surface area contributed by atoms with Crippen LogP contribution in [0.2, 0.25) is 0 Å². The first kappa shape index (κ1) is 7.25. The van der Waals surface area contributed by atoms with Crippen molar-refractivity contribution in [2.24, 2.45) is 0 Å². The number of fused-ring (bicyclic) bond motifs is 2. The van der Waals surface area contributed by atoms with Crippen molar-refractivity contribution in [1.29, 1.82) is 0 Å². The van der Waals surface area contributed by atoms with E-state index in [1.807, 2.05) is 7.05 Å². The Labute approximate surface area is 77.9 Å². The summed E-state index contributed by atoms with van der Waals surface area (Å²) in [6.45, 7) is 0.890. The summed E-state index contributed by atoms with van der Waals surface area (Å²) < 4.78 is 5.74. The third-order valence-corrected chi connectivity index (χ3v) is 3.20. The Morgan fingerprint density at radius 2 is 2.23 bits per heavy atom. The van der Waals surface area contributed by atoms with E-state index >= 15 is 0 Å². The van der Waals surface area contributed by atoms with Crippen molar-refractivity contribution in [3.05, 3.63) is 23.8 Å². The summed E-state index contributed by atoms with van der Waals surface area (Å²) >= 11 is 0. The Bertz CT molecular complexity index is 355. The molecule has 0 bridgehead atoms. The highest BCUT2D eigenvalue weighted by Crippen LogP contribution is 2.56. The number of anilines is 1. The summed E-state index contributed by atoms with van der Waals surface area (Å²) in [5.41, 5.74) is 2.95. The van der Waals surface area contributed by atoms with E-state index < -0.39 is 0 Å². The van der Waals surface area contributed by atoms with Gasteiger partial charge < -0.3 is 10.1 Å². The standard InChI is InChI=1S/C11H13NO/c1-12-9-4-2-3-8-10(9)13-7-11(8)5-6-11/h2-4,12H,5-7H2,1H3. The molecule has 0 saturated heterocycles. The molecule has 2 aliphatic rings. The van der Waals surface area contributed by atoms with Crippen molar-refractivity contribution in [1.82, 2.24) is 0 Å². The van der Waals surface area contributed by atoms with E-state index in [0.29, 0.717) is 5.41 Å². The van der Waals surface area contributed by atoms with Gasteiger partial charge in [-0.2, -0.15) is 0 Å². The van der Waals surface area contributed by atoms with Gasteiger partial charge >= 0.3 is 0 Å². The number of benzene rings is 1. The Hall–Kier alpha value is -1.18. The Morgan fingerprint density at radius 3 is 2.92 bits per heavy atom. The molecule has 1 N–H and O–H groups in total. The molecule has 2 heteroatoms. The molecule has 0 radical (unpaired) electrons. The number of rotatable bonds is 1. The van der Waals surface area contributed by atoms with Gasteiger partial charge in [-0.15, -0.1) is 0 Å². The lowest BCUT2D eigenvalue weighted by Crippen LogP contribution is -2.06. The molecule has 0 atom stereocenters. The number of hydrogen-bond donors (Lipinski definition) is 1. The zero-order valence-corrected chi connectivity index (χ0v) is 7.76. The number of hydrogen-bond acceptors (Lipinski definition) is 2. The summed E-state index contributed by atoms with van der Waals surface area (Å²) in [6.07, 6.45) is 2.60. The highest BCUT2D eigenvalue weighted by atomic mass is 16.5. The largest absolute Gasteiger partial charge is 0.490 e. The number of nitrogens with one attached hydrogen (secondary N) is 1. The lowest BCUT2D eigenvalue weighted by molar-refractivity contribution is 0.325. The van der Waals surface area contributed by atoms with Crippen LogP contribution in [0.5, 0.6) is 5.75 Å². The molecular weight excluding hydrogens is 162 g/mol. The second-order valence-corrected chi connectivity index (χ2v) is 4.00. The van der Waals surface area contributed by atoms with Crippen LogP contribution in [0.15, 0.2) is 18.2 Å². The second-order valence-electron chi connectivity index (χ2n) is 4.00. The molecule has 1 aromatic rings. The minimum absolute atomic E-state index is 0.405. The topological polar surface area (TPSA) is 21.3 Å². The first-order chi connectivity index (χ1) is 6.36. The molecule has 1 aromatic carbocycles. The fourth-order valence-corrected chi connectivity index (χ4v) is 2.16. The van der Waals surface area contributed by atoms with Crippen LogP contribution >= 0.6 is 0 Å². The van der Waals surface area contributed by atoms with E-state index in [9.17, 15) is 0 Å². The Morgan fingerprint density at radius 1 is 1.38 bits per heavy atom. The highest BCUT2D eigenvalue weighted by Gasteiger charge is 2.51. The van der Waals surface area contributed by atoms with Gasteiger partial charge in [0.05, 0.1) is 12.3 Å². The fourth-order valence-electron chi connectivity index (χ4n) is 2.16. The van der Waals surface area contributed by atoms with E-state index in [2.05, 4.69) is 23.5 Å². The van der Waals surface area contributed by atoms with Crippen molar-refractivity contribution < 1.29 is 4.74 Å². The van der Waals surface area contributed by atoms with Gasteiger partial charge in [0.25, 0.3) is 0 Å². The van der Waals surface area contributed by atoms with Crippen LogP contribution in [0.3, 0.4) is 0 Å². The quantitative estimate of drug-likeness (QED) is 0.706. The van der Waals surface area contributed by atoms with Crippen LogP contribution in [-0.4, -0.2) is 13.7 Å². The zero-order chi connectivity index (χ0) is 8.89. The first-order valence-electron chi connectivity index (χ1n) is 4.80. The average molecular weight is 175 g/mol. The molecule has 1 saturated carbocycles. The molecule has 0 unspecified atom stereocenters. The van der Waals surface area contributed by atoms with Gasteiger partial charge in [-0.3, -0.25) is 0 Å². The lowest BCUT2D eigenvalue weighted by Gasteiger charge is -2.06. The van der Waals surface area contributed by atoms with E-state index in [0.717, 1.165) is 18.0 Å². The van der Waals surface area contributed by atoms with E-state index in [4.69, 9.17) is 4.74 Å². The molecule has 1 heterocycles. The van der Waals surface area contributed by atoms with E-state index in [1.165, 1.54) is 18.4 Å². The predicted molar refractivity (Wildman–Crippen MR) is 52.4 cm³/mol. The molecule has 0 amide bonds. The van der Waals surface area contributed by atoms with Gasteiger partial charge in [0.1, 0.15) is 5.75 Å². The average Bonchev–Trinajstić information content (AvgIpc) is 2.85. The predicted octanol–water partition coefficient (Wildman–Crippen LogP) is 2.15. The molecule has 1 aliphatic heterocycles. The van der Waals surface area contributed by atoms with Gasteiger partial charge in [0.2, 0.25) is 0 Å². The van der Waals surface area contributed by atoms with Gasteiger partial charge in [-0.1, -0.05) is 12.1 Å². The highest BCUT2D eigenvalue weighted by molar-refractivity contribution is 5.64. The summed E-state index contributed by atoms with van der Waals surface area (Å²) in [7, 11) is 1.94. The van der Waals surface area contributed by atoms with Crippen LogP contribution in [0, 0.1) is 0 Å². The minimum atomic E-state index is 0.405. The second kappa shape index (κ2) is 2.19. The Kier molecular flexibility index (Phi) is 1.22. The van der Waals surface area contributed by atoms with Crippen molar-refractivity contribution in [2.75, 3.05) is 19.0 Å². The number of para-hydroxylation sites is 1. The molecule has 0 aromatic heterocycles. The molecule has 68 valence electrons. The normalized spacial score (nSPS) is 21.0. The van der Waals surface area contributed by atoms with Gasteiger partial charge in [0, 0.05) is 18.0 Å². The van der Waals surface area contributed by atoms with Crippen LogP contribution in [0.25, 0.3) is 0 Å². The summed E-state index contributed by atoms with van der Waals surface area (Å²) in [5, 5.41) is 3.17. The number of ether oxygens (including phenoxy) is 1. The lowest BCUT2D eigenvalue weighted by atomic mass is 9.98. The minimum Gasteiger partial charge on any atom is -0.490 e. The summed E-state index contributed by atoms with van der Waals surface area (Å²) in [4.78, 5) is 0. The zero-order valence-electron chi connectivity index (χ0n) is 7.76. The van der Waals surface area contributed by atoms with Crippen LogP contribution in [0.1, 0.15) is 18.4 Å². The van der Waals surface area contributed by atoms with Crippen molar-refractivity contribution in [2.45, 2.75) is 18.3 Å². The van der Waals surface area contributed by atoms with Gasteiger partial charge in [-0.05, 0) is 18.9 Å². The molecule has 1 spiro atoms. The monoisotopic (exact) mass is 175 g/mol. The molecule has 1 aliphatic carbocycles. The Balaban J connectivity index is 2.17. The van der Waals surface area contributed by atoms with Crippen molar-refractivity contribution >= 4 is 5.69 Å². The molecular formula is C11H13NO. The molecule has 13 heavy (non-hydrogen) atoms. The van der Waals surface area contributed by atoms with Gasteiger partial charge in [-0.25, -0.2) is 0 Å². The fraction of sp³-hybridized carbons (Fsp3) is 0.455. The van der Waals surface area contributed by atoms with Gasteiger partial charge in [0.15, 0.2) is 0 Å². The smallest absolute Gasteiger partial charge is 0.146 e. The third-order valence-electron chi connectivity index (χ3n) is 3.20.